The minimum Gasteiger partial charge on any atom is -0.394 e. The number of ether oxygens (including phenoxy) is 13. The van der Waals surface area contributed by atoms with Gasteiger partial charge in [0.25, 0.3) is 0 Å². The van der Waals surface area contributed by atoms with Crippen LogP contribution in [0.4, 0.5) is 0 Å². The highest BCUT2D eigenvalue weighted by atomic mass is 16.8. The maximum atomic E-state index is 12.0. The van der Waals surface area contributed by atoms with Crippen LogP contribution in [0, 0.1) is 0 Å². The van der Waals surface area contributed by atoms with Gasteiger partial charge in [0, 0.05) is 47.7 Å². The summed E-state index contributed by atoms with van der Waals surface area (Å²) in [6.45, 7) is 6.43. The molecule has 5 rings (SSSR count). The first-order valence-electron chi connectivity index (χ1n) is 18.2. The summed E-state index contributed by atoms with van der Waals surface area (Å²) >= 11 is 0. The van der Waals surface area contributed by atoms with Gasteiger partial charge in [0.2, 0.25) is 0 Å². The summed E-state index contributed by atoms with van der Waals surface area (Å²) in [6.07, 6.45) is -19.6. The highest BCUT2D eigenvalue weighted by Gasteiger charge is 2.53. The molecule has 19 nitrogen and oxygen atoms in total. The average molecular weight is 772 g/mol. The maximum absolute atomic E-state index is 12.0. The molecule has 0 amide bonds. The Balaban J connectivity index is 1.17. The molecule has 5 heterocycles. The second-order valence-corrected chi connectivity index (χ2v) is 14.3. The standard InChI is InChI=1S/C34H59O19/c1-13-28(17(41-5)9-21(36)45-13)50-22-10-18(42-6)29(14(2)46-22)51-23-11-19(43-7)30(15(3)47-23)52-34-27(40)32(44-8)31(16(4)48-34)53-33-26(39)25(38)24(37)20(12-35)49-33/h13-35,37-40H,9-12H2,1-8H3/t13-,14-,15-,16-,17-,18+,19-,20-,21?,22+,23+,24-,25+,26-,27-,28-,29-,30-,31-,32-,33+,34+/m1/s1. The summed E-state index contributed by atoms with van der Waals surface area (Å²) in [5, 5.41) is 63.8. The van der Waals surface area contributed by atoms with Crippen LogP contribution >= 0.6 is 0 Å². The molecule has 5 N–H and O–H groups in total. The van der Waals surface area contributed by atoms with Gasteiger partial charge in [-0.05, 0) is 27.7 Å². The summed E-state index contributed by atoms with van der Waals surface area (Å²) in [6, 6.07) is 0. The van der Waals surface area contributed by atoms with Gasteiger partial charge in [-0.1, -0.05) is 0 Å². The Morgan fingerprint density at radius 1 is 0.491 bits per heavy atom. The third-order valence-corrected chi connectivity index (χ3v) is 10.8. The molecule has 0 aromatic heterocycles. The van der Waals surface area contributed by atoms with Gasteiger partial charge in [-0.25, -0.2) is 5.11 Å². The Bertz CT molecular complexity index is 1110. The van der Waals surface area contributed by atoms with E-state index in [9.17, 15) is 30.6 Å². The van der Waals surface area contributed by atoms with Crippen molar-refractivity contribution in [2.45, 2.75) is 182 Å². The van der Waals surface area contributed by atoms with Crippen LogP contribution in [0.2, 0.25) is 0 Å². The minimum absolute atomic E-state index is 0.161. The van der Waals surface area contributed by atoms with Crippen LogP contribution in [-0.4, -0.2) is 196 Å². The number of methoxy groups -OCH3 is 4. The fraction of sp³-hybridized carbons (Fsp3) is 1.00. The molecular weight excluding hydrogens is 712 g/mol. The quantitative estimate of drug-likeness (QED) is 0.141. The van der Waals surface area contributed by atoms with Crippen LogP contribution in [0.25, 0.3) is 0 Å². The third-order valence-electron chi connectivity index (χ3n) is 10.8. The Labute approximate surface area is 309 Å². The predicted molar refractivity (Wildman–Crippen MR) is 174 cm³/mol. The highest BCUT2D eigenvalue weighted by Crippen LogP contribution is 2.36. The number of aliphatic hydroxyl groups is 5. The van der Waals surface area contributed by atoms with E-state index in [0.717, 1.165) is 0 Å². The lowest BCUT2D eigenvalue weighted by molar-refractivity contribution is -0.374. The molecule has 0 aromatic rings. The molecule has 0 bridgehead atoms. The van der Waals surface area contributed by atoms with E-state index >= 15 is 0 Å². The monoisotopic (exact) mass is 771 g/mol. The molecule has 0 saturated carbocycles. The van der Waals surface area contributed by atoms with Crippen molar-refractivity contribution >= 4 is 0 Å². The first-order chi connectivity index (χ1) is 25.2. The fourth-order valence-electron chi connectivity index (χ4n) is 7.86. The van der Waals surface area contributed by atoms with Gasteiger partial charge in [0.15, 0.2) is 31.5 Å². The van der Waals surface area contributed by atoms with E-state index in [4.69, 9.17) is 61.6 Å². The van der Waals surface area contributed by atoms with Gasteiger partial charge in [0.05, 0.1) is 49.3 Å². The van der Waals surface area contributed by atoms with E-state index in [1.807, 2.05) is 6.92 Å². The molecule has 5 aliphatic heterocycles. The predicted octanol–water partition coefficient (Wildman–Crippen LogP) is -1.67. The van der Waals surface area contributed by atoms with Crippen molar-refractivity contribution in [3.63, 3.8) is 0 Å². The highest BCUT2D eigenvalue weighted by molar-refractivity contribution is 4.95. The number of aliphatic hydroxyl groups excluding tert-OH is 5. The largest absolute Gasteiger partial charge is 0.394 e. The molecule has 0 aliphatic carbocycles. The van der Waals surface area contributed by atoms with Crippen LogP contribution in [0.15, 0.2) is 0 Å². The Hall–Kier alpha value is -0.760. The molecule has 1 radical (unpaired) electrons. The zero-order chi connectivity index (χ0) is 38.7. The summed E-state index contributed by atoms with van der Waals surface area (Å²) in [5.74, 6) is 0. The zero-order valence-corrected chi connectivity index (χ0v) is 31.5. The summed E-state index contributed by atoms with van der Waals surface area (Å²) in [7, 11) is 6.01. The molecule has 22 atom stereocenters. The Kier molecular flexibility index (Phi) is 15.6. The van der Waals surface area contributed by atoms with Crippen molar-refractivity contribution in [1.82, 2.24) is 0 Å². The SMILES string of the molecule is CO[C@@H]1[C@@H](O)[C@H](O[C@@H]2[C@@H](C)O[C@@H](O[C@H]3[C@@H](OC)C[C@H](O[C@@H]4[C@@H](C)OC([O])C[C@H]4OC)O[C@@H]3C)C[C@H]2OC)O[C@H](C)[C@H]1O[C@@H]1O[C@H](CO)[C@@H](O)[C@H](O)[C@H]1O. The molecule has 0 aromatic carbocycles. The number of hydrogen-bond acceptors (Lipinski definition) is 18. The molecule has 0 spiro atoms. The Morgan fingerprint density at radius 3 is 1.45 bits per heavy atom. The molecule has 1 unspecified atom stereocenters. The van der Waals surface area contributed by atoms with Crippen LogP contribution in [0.5, 0.6) is 0 Å². The van der Waals surface area contributed by atoms with Crippen LogP contribution in [0.1, 0.15) is 47.0 Å². The van der Waals surface area contributed by atoms with Crippen molar-refractivity contribution in [2.24, 2.45) is 0 Å². The van der Waals surface area contributed by atoms with Crippen LogP contribution in [-0.2, 0) is 66.7 Å². The molecule has 19 heteroatoms. The summed E-state index contributed by atoms with van der Waals surface area (Å²) < 4.78 is 77.2. The number of rotatable bonds is 13. The molecular formula is C34H59O19. The average Bonchev–Trinajstić information content (AvgIpc) is 3.13. The lowest BCUT2D eigenvalue weighted by Gasteiger charge is -2.48. The van der Waals surface area contributed by atoms with Gasteiger partial charge >= 0.3 is 0 Å². The van der Waals surface area contributed by atoms with Gasteiger partial charge in [0.1, 0.15) is 61.0 Å². The molecule has 5 fully saturated rings. The van der Waals surface area contributed by atoms with E-state index in [1.54, 1.807) is 27.9 Å². The second-order valence-electron chi connectivity index (χ2n) is 14.3. The van der Waals surface area contributed by atoms with E-state index in [1.165, 1.54) is 21.3 Å². The van der Waals surface area contributed by atoms with Crippen LogP contribution < -0.4 is 0 Å². The molecule has 309 valence electrons. The van der Waals surface area contributed by atoms with E-state index in [2.05, 4.69) is 0 Å². The zero-order valence-electron chi connectivity index (χ0n) is 31.5. The fourth-order valence-corrected chi connectivity index (χ4v) is 7.86. The van der Waals surface area contributed by atoms with E-state index in [-0.39, 0.29) is 12.8 Å². The molecule has 5 saturated heterocycles. The van der Waals surface area contributed by atoms with E-state index < -0.39 is 142 Å². The first-order valence-corrected chi connectivity index (χ1v) is 18.2. The van der Waals surface area contributed by atoms with Crippen molar-refractivity contribution in [2.75, 3.05) is 35.0 Å². The number of hydrogen-bond donors (Lipinski definition) is 5. The van der Waals surface area contributed by atoms with Gasteiger partial charge in [-0.2, -0.15) is 0 Å². The minimum atomic E-state index is -1.66. The lowest BCUT2D eigenvalue weighted by Crippen LogP contribution is -2.65. The van der Waals surface area contributed by atoms with Crippen molar-refractivity contribution in [3.05, 3.63) is 0 Å². The Morgan fingerprint density at radius 2 is 0.943 bits per heavy atom. The van der Waals surface area contributed by atoms with Crippen molar-refractivity contribution in [1.29, 1.82) is 0 Å². The second kappa shape index (κ2) is 19.1. The molecule has 5 aliphatic rings. The normalized spacial score (nSPS) is 51.3. The summed E-state index contributed by atoms with van der Waals surface area (Å²) in [4.78, 5) is 0. The van der Waals surface area contributed by atoms with E-state index in [0.29, 0.717) is 6.42 Å². The van der Waals surface area contributed by atoms with Gasteiger partial charge < -0.3 is 87.1 Å². The van der Waals surface area contributed by atoms with Gasteiger partial charge in [-0.3, -0.25) is 0 Å². The smallest absolute Gasteiger partial charge is 0.194 e. The van der Waals surface area contributed by atoms with Crippen molar-refractivity contribution in [3.8, 4) is 0 Å². The maximum Gasteiger partial charge on any atom is 0.194 e. The first kappa shape index (κ1) is 43.4. The lowest BCUT2D eigenvalue weighted by atomic mass is 9.96. The summed E-state index contributed by atoms with van der Waals surface area (Å²) in [5.41, 5.74) is 0. The third kappa shape index (κ3) is 9.69. The topological polar surface area (TPSA) is 241 Å². The molecule has 53 heavy (non-hydrogen) atoms. The van der Waals surface area contributed by atoms with Gasteiger partial charge in [-0.15, -0.1) is 0 Å². The van der Waals surface area contributed by atoms with Crippen LogP contribution in [0.3, 0.4) is 0 Å². The van der Waals surface area contributed by atoms with Crippen molar-refractivity contribution < 1.29 is 92.2 Å².